The van der Waals surface area contributed by atoms with Crippen molar-refractivity contribution >= 4 is 39.5 Å². The molecule has 0 bridgehead atoms. The van der Waals surface area contributed by atoms with E-state index >= 15 is 0 Å². The van der Waals surface area contributed by atoms with Gasteiger partial charge in [-0.25, -0.2) is 9.13 Å². The molecule has 0 radical (unpaired) electrons. The minimum absolute atomic E-state index is 0.103. The number of ether oxygens (including phenoxy) is 4. The van der Waals surface area contributed by atoms with Crippen LogP contribution in [0, 0.1) is 17.8 Å². The van der Waals surface area contributed by atoms with Crippen molar-refractivity contribution in [3.8, 4) is 0 Å². The Bertz CT molecular complexity index is 1820. The molecule has 0 rings (SSSR count). The van der Waals surface area contributed by atoms with Crippen molar-refractivity contribution in [3.05, 3.63) is 0 Å². The van der Waals surface area contributed by atoms with Crippen LogP contribution in [0.3, 0.4) is 0 Å². The van der Waals surface area contributed by atoms with Gasteiger partial charge in [-0.2, -0.15) is 0 Å². The van der Waals surface area contributed by atoms with Crippen LogP contribution in [0.1, 0.15) is 376 Å². The summed E-state index contributed by atoms with van der Waals surface area (Å²) in [6.07, 6.45) is 50.3. The molecule has 3 N–H and O–H groups in total. The number of hydrogen-bond donors (Lipinski definition) is 3. The zero-order valence-corrected chi connectivity index (χ0v) is 62.5. The molecule has 0 amide bonds. The van der Waals surface area contributed by atoms with Gasteiger partial charge in [0.2, 0.25) is 0 Å². The van der Waals surface area contributed by atoms with E-state index in [-0.39, 0.29) is 25.7 Å². The van der Waals surface area contributed by atoms with E-state index in [1.165, 1.54) is 173 Å². The van der Waals surface area contributed by atoms with Gasteiger partial charge in [0.15, 0.2) is 12.2 Å². The summed E-state index contributed by atoms with van der Waals surface area (Å²) >= 11 is 0. The Morgan fingerprint density at radius 2 is 0.495 bits per heavy atom. The Balaban J connectivity index is 5.18. The van der Waals surface area contributed by atoms with Crippen molar-refractivity contribution < 1.29 is 80.2 Å². The van der Waals surface area contributed by atoms with E-state index in [1.54, 1.807) is 0 Å². The van der Waals surface area contributed by atoms with Crippen molar-refractivity contribution in [2.75, 3.05) is 39.6 Å². The molecule has 0 saturated carbocycles. The van der Waals surface area contributed by atoms with Gasteiger partial charge in [0.05, 0.1) is 26.4 Å². The number of carbonyl (C=O) groups is 4. The average Bonchev–Trinajstić information content (AvgIpc) is 2.04. The second-order valence-corrected chi connectivity index (χ2v) is 31.0. The first-order valence-corrected chi connectivity index (χ1v) is 41.3. The molecule has 0 aliphatic heterocycles. The summed E-state index contributed by atoms with van der Waals surface area (Å²) in [7, 11) is -9.90. The van der Waals surface area contributed by atoms with Crippen LogP contribution in [0.25, 0.3) is 0 Å². The van der Waals surface area contributed by atoms with Crippen LogP contribution < -0.4 is 0 Å². The van der Waals surface area contributed by atoms with Crippen LogP contribution in [0.4, 0.5) is 0 Å². The van der Waals surface area contributed by atoms with Gasteiger partial charge in [0.25, 0.3) is 0 Å². The number of phosphoric ester groups is 2. The number of unbranched alkanes of at least 4 members (excludes halogenated alkanes) is 40. The fourth-order valence-corrected chi connectivity index (χ4v) is 12.8. The zero-order valence-electron chi connectivity index (χ0n) is 60.7. The van der Waals surface area contributed by atoms with Crippen LogP contribution in [0.5, 0.6) is 0 Å². The summed E-state index contributed by atoms with van der Waals surface area (Å²) in [5.41, 5.74) is 0. The average molecular weight is 1370 g/mol. The molecule has 17 nitrogen and oxygen atoms in total. The Morgan fingerprint density at radius 3 is 0.731 bits per heavy atom. The molecule has 0 heterocycles. The first kappa shape index (κ1) is 91.1. The first-order valence-electron chi connectivity index (χ1n) is 38.3. The number of aliphatic hydroxyl groups excluding tert-OH is 1. The zero-order chi connectivity index (χ0) is 68.7. The predicted molar refractivity (Wildman–Crippen MR) is 377 cm³/mol. The quantitative estimate of drug-likeness (QED) is 0.0222. The Kier molecular flexibility index (Phi) is 63.4. The van der Waals surface area contributed by atoms with Crippen molar-refractivity contribution in [2.45, 2.75) is 394 Å². The fraction of sp³-hybridized carbons (Fsp3) is 0.946. The maximum absolute atomic E-state index is 13.1. The van der Waals surface area contributed by atoms with Gasteiger partial charge < -0.3 is 33.8 Å². The summed E-state index contributed by atoms with van der Waals surface area (Å²) < 4.78 is 68.3. The van der Waals surface area contributed by atoms with Crippen LogP contribution in [0.15, 0.2) is 0 Å². The van der Waals surface area contributed by atoms with Crippen LogP contribution in [-0.4, -0.2) is 96.7 Å². The minimum Gasteiger partial charge on any atom is -0.462 e. The molecular weight excluding hydrogens is 1220 g/mol. The molecule has 0 saturated heterocycles. The lowest BCUT2D eigenvalue weighted by molar-refractivity contribution is -0.161. The van der Waals surface area contributed by atoms with E-state index in [2.05, 4.69) is 48.5 Å². The maximum Gasteiger partial charge on any atom is 0.472 e. The Hall–Kier alpha value is -1.94. The summed E-state index contributed by atoms with van der Waals surface area (Å²) in [5, 5.41) is 10.6. The molecule has 5 atom stereocenters. The number of rotatable bonds is 72. The van der Waals surface area contributed by atoms with Crippen molar-refractivity contribution in [3.63, 3.8) is 0 Å². The highest BCUT2D eigenvalue weighted by molar-refractivity contribution is 7.47. The molecule has 0 fully saturated rings. The van der Waals surface area contributed by atoms with Crippen molar-refractivity contribution in [2.24, 2.45) is 17.8 Å². The van der Waals surface area contributed by atoms with Crippen LogP contribution in [0.2, 0.25) is 0 Å². The highest BCUT2D eigenvalue weighted by Gasteiger charge is 2.30. The fourth-order valence-electron chi connectivity index (χ4n) is 11.2. The van der Waals surface area contributed by atoms with E-state index in [1.807, 2.05) is 0 Å². The van der Waals surface area contributed by atoms with Gasteiger partial charge in [-0.05, 0) is 43.4 Å². The highest BCUT2D eigenvalue weighted by atomic mass is 31.2. The van der Waals surface area contributed by atoms with E-state index in [0.29, 0.717) is 31.6 Å². The number of aliphatic hydroxyl groups is 1. The standard InChI is InChI=1S/C74H144O17P2/c1-8-9-10-11-31-41-48-55-71(76)84-61-69(91-74(79)58-51-44-37-30-34-40-47-54-67(6)7)63-88-92(80,81)86-59-68(75)60-87-93(82,83)89-64-70(62-85-72(77)56-49-42-35-28-24-20-17-16-19-23-27-33-39-46-53-66(4)5)90-73(78)57-50-43-36-29-25-21-15-13-12-14-18-22-26-32-38-45-52-65(2)3/h65-70,75H,8-64H2,1-7H3,(H,80,81)(H,82,83)/t68-,69+,70+/m0/s1. The molecule has 552 valence electrons. The van der Waals surface area contributed by atoms with E-state index in [9.17, 15) is 43.2 Å². The number of carbonyl (C=O) groups excluding carboxylic acids is 4. The smallest absolute Gasteiger partial charge is 0.462 e. The van der Waals surface area contributed by atoms with Gasteiger partial charge in [-0.15, -0.1) is 0 Å². The van der Waals surface area contributed by atoms with Crippen LogP contribution >= 0.6 is 15.6 Å². The number of esters is 4. The first-order chi connectivity index (χ1) is 44.7. The summed E-state index contributed by atoms with van der Waals surface area (Å²) in [4.78, 5) is 72.5. The summed E-state index contributed by atoms with van der Waals surface area (Å²) in [6, 6.07) is 0. The summed E-state index contributed by atoms with van der Waals surface area (Å²) in [5.74, 6) is 0.177. The highest BCUT2D eigenvalue weighted by Crippen LogP contribution is 2.45. The third-order valence-corrected chi connectivity index (χ3v) is 19.0. The molecule has 0 spiro atoms. The van der Waals surface area contributed by atoms with Crippen molar-refractivity contribution in [1.82, 2.24) is 0 Å². The van der Waals surface area contributed by atoms with Crippen LogP contribution in [-0.2, 0) is 65.4 Å². The van der Waals surface area contributed by atoms with Gasteiger partial charge in [-0.3, -0.25) is 37.3 Å². The van der Waals surface area contributed by atoms with E-state index < -0.39 is 97.5 Å². The Labute approximate surface area is 568 Å². The van der Waals surface area contributed by atoms with Gasteiger partial charge in [0, 0.05) is 25.7 Å². The second kappa shape index (κ2) is 64.7. The predicted octanol–water partition coefficient (Wildman–Crippen LogP) is 21.4. The molecule has 0 aromatic carbocycles. The number of phosphoric acid groups is 2. The number of hydrogen-bond acceptors (Lipinski definition) is 15. The lowest BCUT2D eigenvalue weighted by Crippen LogP contribution is -2.30. The third-order valence-electron chi connectivity index (χ3n) is 17.1. The monoisotopic (exact) mass is 1370 g/mol. The van der Waals surface area contributed by atoms with E-state index in [0.717, 1.165) is 115 Å². The molecule has 0 aromatic heterocycles. The molecule has 0 aliphatic rings. The topological polar surface area (TPSA) is 237 Å². The largest absolute Gasteiger partial charge is 0.472 e. The van der Waals surface area contributed by atoms with Gasteiger partial charge in [-0.1, -0.05) is 325 Å². The molecule has 0 aromatic rings. The van der Waals surface area contributed by atoms with Gasteiger partial charge in [0.1, 0.15) is 19.3 Å². The van der Waals surface area contributed by atoms with Gasteiger partial charge >= 0.3 is 39.5 Å². The lowest BCUT2D eigenvalue weighted by atomic mass is 10.0. The molecule has 19 heteroatoms. The molecule has 93 heavy (non-hydrogen) atoms. The van der Waals surface area contributed by atoms with Crippen molar-refractivity contribution in [1.29, 1.82) is 0 Å². The minimum atomic E-state index is -4.96. The molecule has 2 unspecified atom stereocenters. The third kappa shape index (κ3) is 68.4. The molecular formula is C74H144O17P2. The lowest BCUT2D eigenvalue weighted by Gasteiger charge is -2.21. The normalized spacial score (nSPS) is 14.1. The Morgan fingerprint density at radius 1 is 0.290 bits per heavy atom. The maximum atomic E-state index is 13.1. The van der Waals surface area contributed by atoms with E-state index in [4.69, 9.17) is 37.0 Å². The summed E-state index contributed by atoms with van der Waals surface area (Å²) in [6.45, 7) is 11.8. The molecule has 0 aliphatic carbocycles. The SMILES string of the molecule is CCCCCCCCCC(=O)OC[C@H](COP(=O)(O)OC[C@H](O)COP(=O)(O)OC[C@@H](COC(=O)CCCCCCCCCCCCCCCCC(C)C)OC(=O)CCCCCCCCCCCCCCCCCCC(C)C)OC(=O)CCCCCCCCCC(C)C. The second-order valence-electron chi connectivity index (χ2n) is 28.1.